The van der Waals surface area contributed by atoms with Crippen LogP contribution >= 0.6 is 11.6 Å². The lowest BCUT2D eigenvalue weighted by molar-refractivity contribution is -0.140. The quantitative estimate of drug-likeness (QED) is 0.352. The molecule has 6 heteroatoms. The number of benzene rings is 2. The Balaban J connectivity index is 1.85. The highest BCUT2D eigenvalue weighted by Crippen LogP contribution is 2.40. The number of hydrogen-bond acceptors (Lipinski definition) is 4. The molecule has 1 unspecified atom stereocenters. The maximum Gasteiger partial charge on any atom is 0.296 e. The summed E-state index contributed by atoms with van der Waals surface area (Å²) < 4.78 is 5.39. The lowest BCUT2D eigenvalue weighted by atomic mass is 9.94. The Morgan fingerprint density at radius 3 is 2.37 bits per heavy atom. The molecule has 1 fully saturated rings. The SMILES string of the molecule is CCc1ccc(C2/C(=C(\O)c3ccc(Cl)cc3)C(=O)C(=O)N2Cc2ccco2)cc1. The second-order valence-corrected chi connectivity index (χ2v) is 7.54. The van der Waals surface area contributed by atoms with Gasteiger partial charge in [0.2, 0.25) is 0 Å². The first-order valence-corrected chi connectivity index (χ1v) is 10.0. The van der Waals surface area contributed by atoms with Gasteiger partial charge in [-0.2, -0.15) is 0 Å². The van der Waals surface area contributed by atoms with Gasteiger partial charge in [-0.3, -0.25) is 9.59 Å². The van der Waals surface area contributed by atoms with Gasteiger partial charge in [0.1, 0.15) is 11.5 Å². The molecule has 1 N–H and O–H groups in total. The summed E-state index contributed by atoms with van der Waals surface area (Å²) in [5, 5.41) is 11.5. The van der Waals surface area contributed by atoms with Gasteiger partial charge < -0.3 is 14.4 Å². The van der Waals surface area contributed by atoms with Gasteiger partial charge in [0.15, 0.2) is 0 Å². The zero-order valence-corrected chi connectivity index (χ0v) is 17.1. The molecule has 4 rings (SSSR count). The molecule has 0 saturated carbocycles. The molecular weight excluding hydrogens is 402 g/mol. The molecular formula is C24H20ClNO4. The van der Waals surface area contributed by atoms with Gasteiger partial charge in [-0.05, 0) is 53.9 Å². The molecule has 1 amide bonds. The van der Waals surface area contributed by atoms with Crippen LogP contribution < -0.4 is 0 Å². The Bertz CT molecular complexity index is 1100. The molecule has 5 nitrogen and oxygen atoms in total. The number of amides is 1. The van der Waals surface area contributed by atoms with Crippen LogP contribution in [0.3, 0.4) is 0 Å². The van der Waals surface area contributed by atoms with Crippen LogP contribution in [0, 0.1) is 0 Å². The standard InChI is InChI=1S/C24H20ClNO4/c1-2-15-5-7-16(8-6-15)21-20(22(27)17-9-11-18(25)12-10-17)23(28)24(29)26(21)14-19-4-3-13-30-19/h3-13,21,27H,2,14H2,1H3/b22-20+. The fraction of sp³-hybridized carbons (Fsp3) is 0.167. The lowest BCUT2D eigenvalue weighted by Gasteiger charge is -2.24. The third-order valence-corrected chi connectivity index (χ3v) is 5.52. The maximum atomic E-state index is 13.0. The second-order valence-electron chi connectivity index (χ2n) is 7.11. The first kappa shape index (κ1) is 20.0. The predicted octanol–water partition coefficient (Wildman–Crippen LogP) is 5.12. The minimum Gasteiger partial charge on any atom is -0.507 e. The van der Waals surface area contributed by atoms with Crippen LogP contribution in [0.1, 0.15) is 35.4 Å². The van der Waals surface area contributed by atoms with E-state index in [0.717, 1.165) is 17.5 Å². The van der Waals surface area contributed by atoms with Gasteiger partial charge in [0, 0.05) is 10.6 Å². The molecule has 0 radical (unpaired) electrons. The third kappa shape index (κ3) is 3.64. The molecule has 0 aliphatic carbocycles. The van der Waals surface area contributed by atoms with E-state index in [1.54, 1.807) is 36.4 Å². The average Bonchev–Trinajstić information content (AvgIpc) is 3.36. The third-order valence-electron chi connectivity index (χ3n) is 5.27. The van der Waals surface area contributed by atoms with Crippen molar-refractivity contribution in [1.82, 2.24) is 4.90 Å². The van der Waals surface area contributed by atoms with Gasteiger partial charge in [0.05, 0.1) is 24.4 Å². The number of carbonyl (C=O) groups is 2. The number of furan rings is 1. The molecule has 152 valence electrons. The zero-order valence-electron chi connectivity index (χ0n) is 16.3. The smallest absolute Gasteiger partial charge is 0.296 e. The molecule has 2 heterocycles. The topological polar surface area (TPSA) is 70.8 Å². The predicted molar refractivity (Wildman–Crippen MR) is 114 cm³/mol. The van der Waals surface area contributed by atoms with Crippen LogP contribution in [-0.4, -0.2) is 21.7 Å². The number of aliphatic hydroxyl groups excluding tert-OH is 1. The largest absolute Gasteiger partial charge is 0.507 e. The van der Waals surface area contributed by atoms with Crippen molar-refractivity contribution >= 4 is 29.1 Å². The van der Waals surface area contributed by atoms with E-state index in [0.29, 0.717) is 16.3 Å². The molecule has 1 saturated heterocycles. The van der Waals surface area contributed by atoms with E-state index in [1.807, 2.05) is 24.3 Å². The number of halogens is 1. The van der Waals surface area contributed by atoms with Crippen molar-refractivity contribution in [1.29, 1.82) is 0 Å². The minimum absolute atomic E-state index is 0.0538. The summed E-state index contributed by atoms with van der Waals surface area (Å²) in [5.41, 5.74) is 2.36. The van der Waals surface area contributed by atoms with Gasteiger partial charge in [0.25, 0.3) is 11.7 Å². The Morgan fingerprint density at radius 1 is 1.07 bits per heavy atom. The van der Waals surface area contributed by atoms with Gasteiger partial charge >= 0.3 is 0 Å². The number of nitrogens with zero attached hydrogens (tertiary/aromatic N) is 1. The fourth-order valence-corrected chi connectivity index (χ4v) is 3.78. The highest BCUT2D eigenvalue weighted by atomic mass is 35.5. The highest BCUT2D eigenvalue weighted by molar-refractivity contribution is 6.46. The molecule has 1 aliphatic heterocycles. The van der Waals surface area contributed by atoms with Crippen LogP contribution in [0.15, 0.2) is 76.9 Å². The van der Waals surface area contributed by atoms with E-state index < -0.39 is 17.7 Å². The summed E-state index contributed by atoms with van der Waals surface area (Å²) in [6.07, 6.45) is 2.39. The second kappa shape index (κ2) is 8.20. The summed E-state index contributed by atoms with van der Waals surface area (Å²) in [7, 11) is 0. The van der Waals surface area contributed by atoms with Gasteiger partial charge in [-0.15, -0.1) is 0 Å². The van der Waals surface area contributed by atoms with Crippen LogP contribution in [-0.2, 0) is 22.6 Å². The van der Waals surface area contributed by atoms with Crippen molar-refractivity contribution in [3.05, 3.63) is 100.0 Å². The first-order valence-electron chi connectivity index (χ1n) is 9.65. The Hall–Kier alpha value is -3.31. The van der Waals surface area contributed by atoms with E-state index in [9.17, 15) is 14.7 Å². The normalized spacial score (nSPS) is 18.2. The van der Waals surface area contributed by atoms with E-state index >= 15 is 0 Å². The molecule has 30 heavy (non-hydrogen) atoms. The molecule has 3 aromatic rings. The molecule has 1 aromatic heterocycles. The number of rotatable bonds is 5. The number of aliphatic hydroxyl groups is 1. The summed E-state index contributed by atoms with van der Waals surface area (Å²) in [4.78, 5) is 27.3. The molecule has 0 spiro atoms. The van der Waals surface area contributed by atoms with Crippen molar-refractivity contribution in [2.24, 2.45) is 0 Å². The van der Waals surface area contributed by atoms with Crippen LogP contribution in [0.5, 0.6) is 0 Å². The Labute approximate surface area is 179 Å². The number of aryl methyl sites for hydroxylation is 1. The summed E-state index contributed by atoms with van der Waals surface area (Å²) in [5.74, 6) is -1.07. The van der Waals surface area contributed by atoms with E-state index in [2.05, 4.69) is 6.92 Å². The van der Waals surface area contributed by atoms with E-state index in [1.165, 1.54) is 11.2 Å². The van der Waals surface area contributed by atoms with Crippen molar-refractivity contribution in [3.8, 4) is 0 Å². The molecule has 2 aromatic carbocycles. The van der Waals surface area contributed by atoms with E-state index in [-0.39, 0.29) is 17.9 Å². The van der Waals surface area contributed by atoms with Crippen molar-refractivity contribution in [2.75, 3.05) is 0 Å². The zero-order chi connectivity index (χ0) is 21.3. The van der Waals surface area contributed by atoms with Gasteiger partial charge in [-0.25, -0.2) is 0 Å². The minimum atomic E-state index is -0.725. The van der Waals surface area contributed by atoms with Crippen LogP contribution in [0.25, 0.3) is 5.76 Å². The summed E-state index contributed by atoms with van der Waals surface area (Å²) in [6.45, 7) is 2.17. The Kier molecular flexibility index (Phi) is 5.46. The van der Waals surface area contributed by atoms with Crippen LogP contribution in [0.2, 0.25) is 5.02 Å². The Morgan fingerprint density at radius 2 is 1.77 bits per heavy atom. The molecule has 1 atom stereocenters. The van der Waals surface area contributed by atoms with Crippen molar-refractivity contribution < 1.29 is 19.1 Å². The number of ketones is 1. The van der Waals surface area contributed by atoms with E-state index in [4.69, 9.17) is 16.0 Å². The summed E-state index contributed by atoms with van der Waals surface area (Å²) >= 11 is 5.95. The molecule has 1 aliphatic rings. The maximum absolute atomic E-state index is 13.0. The number of carbonyl (C=O) groups excluding carboxylic acids is 2. The lowest BCUT2D eigenvalue weighted by Crippen LogP contribution is -2.29. The van der Waals surface area contributed by atoms with Gasteiger partial charge in [-0.1, -0.05) is 42.8 Å². The summed E-state index contributed by atoms with van der Waals surface area (Å²) in [6, 6.07) is 16.9. The average molecular weight is 422 g/mol. The number of hydrogen-bond donors (Lipinski definition) is 1. The first-order chi connectivity index (χ1) is 14.5. The highest BCUT2D eigenvalue weighted by Gasteiger charge is 2.46. The number of likely N-dealkylation sites (tertiary alicyclic amines) is 1. The monoisotopic (exact) mass is 421 g/mol. The van der Waals surface area contributed by atoms with Crippen molar-refractivity contribution in [2.45, 2.75) is 25.9 Å². The fourth-order valence-electron chi connectivity index (χ4n) is 3.66. The number of Topliss-reactive ketones (excluding diaryl/α,β-unsaturated/α-hetero) is 1. The van der Waals surface area contributed by atoms with Crippen molar-refractivity contribution in [3.63, 3.8) is 0 Å². The molecule has 0 bridgehead atoms. The van der Waals surface area contributed by atoms with Crippen LogP contribution in [0.4, 0.5) is 0 Å².